The highest BCUT2D eigenvalue weighted by atomic mass is 32.2. The smallest absolute Gasteiger partial charge is 0.407 e. The van der Waals surface area contributed by atoms with E-state index in [4.69, 9.17) is 14.5 Å². The number of fused-ring (bicyclic) bond motifs is 2. The molecule has 0 spiro atoms. The fourth-order valence-corrected chi connectivity index (χ4v) is 11.9. The Morgan fingerprint density at radius 1 is 1.04 bits per heavy atom. The Morgan fingerprint density at radius 3 is 2.53 bits per heavy atom. The van der Waals surface area contributed by atoms with Gasteiger partial charge in [-0.1, -0.05) is 68.4 Å². The van der Waals surface area contributed by atoms with Gasteiger partial charge in [-0.15, -0.1) is 0 Å². The molecule has 55 heavy (non-hydrogen) atoms. The molecule has 2 saturated carbocycles. The molecule has 1 aromatic heterocycles. The molecule has 4 aliphatic rings. The van der Waals surface area contributed by atoms with Gasteiger partial charge in [0.25, 0.3) is 0 Å². The van der Waals surface area contributed by atoms with Gasteiger partial charge in [-0.25, -0.2) is 18.2 Å². The number of sulfonamides is 1. The molecule has 4 unspecified atom stereocenters. The number of carbonyl (C=O) groups excluding carboxylic acids is 1. The molecule has 2 aliphatic carbocycles. The van der Waals surface area contributed by atoms with Crippen molar-refractivity contribution in [2.45, 2.75) is 107 Å². The van der Waals surface area contributed by atoms with Gasteiger partial charge in [-0.05, 0) is 80.5 Å². The number of piperidine rings is 1. The number of carbonyl (C=O) groups is 1. The third-order valence-electron chi connectivity index (χ3n) is 12.2. The number of amides is 1. The lowest BCUT2D eigenvalue weighted by atomic mass is 9.74. The van der Waals surface area contributed by atoms with Crippen LogP contribution in [0, 0.1) is 23.7 Å². The van der Waals surface area contributed by atoms with Crippen LogP contribution in [0.15, 0.2) is 53.4 Å². The van der Waals surface area contributed by atoms with Crippen LogP contribution in [-0.2, 0) is 25.9 Å². The molecule has 6 atom stereocenters. The lowest BCUT2D eigenvalue weighted by molar-refractivity contribution is -0.0347. The van der Waals surface area contributed by atoms with E-state index in [1.54, 1.807) is 18.2 Å². The summed E-state index contributed by atoms with van der Waals surface area (Å²) < 4.78 is 42.6. The lowest BCUT2D eigenvalue weighted by Gasteiger charge is -2.38. The van der Waals surface area contributed by atoms with Crippen molar-refractivity contribution in [3.8, 4) is 0 Å². The number of thiazole rings is 1. The van der Waals surface area contributed by atoms with Gasteiger partial charge in [0.1, 0.15) is 6.10 Å². The highest BCUT2D eigenvalue weighted by Crippen LogP contribution is 2.40. The number of aromatic nitrogens is 1. The Bertz CT molecular complexity index is 1810. The summed E-state index contributed by atoms with van der Waals surface area (Å²) in [5.41, 5.74) is 1.62. The second-order valence-corrected chi connectivity index (χ2v) is 19.6. The van der Waals surface area contributed by atoms with Gasteiger partial charge in [0.05, 0.1) is 33.9 Å². The number of likely N-dealkylation sites (tertiary alicyclic amines) is 1. The zero-order valence-electron chi connectivity index (χ0n) is 32.2. The monoisotopic (exact) mass is 797 g/mol. The van der Waals surface area contributed by atoms with E-state index in [1.807, 2.05) is 44.2 Å². The first-order valence-electron chi connectivity index (χ1n) is 20.4. The number of alkyl carbamates (subject to hydrolysis) is 1. The maximum atomic E-state index is 14.4. The van der Waals surface area contributed by atoms with Crippen molar-refractivity contribution in [3.63, 3.8) is 0 Å². The zero-order valence-corrected chi connectivity index (χ0v) is 33.9. The molecule has 3 heterocycles. The van der Waals surface area contributed by atoms with Crippen LogP contribution in [0.25, 0.3) is 10.2 Å². The first kappa shape index (κ1) is 40.4. The van der Waals surface area contributed by atoms with Crippen LogP contribution in [0.1, 0.15) is 70.8 Å². The topological polar surface area (TPSA) is 154 Å². The average molecular weight is 798 g/mol. The van der Waals surface area contributed by atoms with E-state index in [2.05, 4.69) is 15.5 Å². The van der Waals surface area contributed by atoms with E-state index >= 15 is 0 Å². The number of nitrogens with one attached hydrogen (secondary N) is 2. The number of rotatable bonds is 15. The number of nitrogens with zero attached hydrogens (tertiary/aromatic N) is 3. The second-order valence-electron chi connectivity index (χ2n) is 16.6. The Kier molecular flexibility index (Phi) is 13.3. The van der Waals surface area contributed by atoms with Crippen LogP contribution in [0.3, 0.4) is 0 Å². The van der Waals surface area contributed by atoms with Crippen LogP contribution in [0.2, 0.25) is 0 Å². The summed E-state index contributed by atoms with van der Waals surface area (Å²) in [6.45, 7) is 7.02. The molecular weight excluding hydrogens is 739 g/mol. The van der Waals surface area contributed by atoms with Gasteiger partial charge >= 0.3 is 6.09 Å². The SMILES string of the molecule is CC(C)CN(C[C@@H](O)[C@H](Cc1ccccc1)NC(=O)OC1C(CO)CCC2COCC21)S(=O)(=O)c1ccc2nc(NC3CCN(C4CCCC4)CC3)sc2c1. The summed E-state index contributed by atoms with van der Waals surface area (Å²) in [5.74, 6) is 0.0550. The van der Waals surface area contributed by atoms with Gasteiger partial charge in [0.2, 0.25) is 10.0 Å². The summed E-state index contributed by atoms with van der Waals surface area (Å²) in [4.78, 5) is 21.1. The largest absolute Gasteiger partial charge is 0.445 e. The van der Waals surface area contributed by atoms with Crippen molar-refractivity contribution >= 4 is 42.8 Å². The minimum absolute atomic E-state index is 0.00283. The van der Waals surface area contributed by atoms with Crippen molar-refractivity contribution in [1.29, 1.82) is 0 Å². The molecule has 1 amide bonds. The standard InChI is InChI=1S/C41H59N5O7S2/c1-27(2)22-46(55(50,51)33-14-15-35-38(21-33)54-40(43-35)42-31-16-18-45(19-17-31)32-10-6-7-11-32)23-37(48)36(20-28-8-4-3-5-9-28)44-41(49)53-39-29(24-47)12-13-30-25-52-26-34(30)39/h3-5,8-9,14-15,21,27,29-32,34,36-37,39,47-48H,6-7,10-13,16-20,22-26H2,1-2H3,(H,42,43)(H,44,49)/t29?,30?,34?,36-,37+,39?/m0/s1. The minimum Gasteiger partial charge on any atom is -0.445 e. The predicted octanol–water partition coefficient (Wildman–Crippen LogP) is 5.49. The van der Waals surface area contributed by atoms with Crippen molar-refractivity contribution in [3.05, 3.63) is 54.1 Å². The first-order valence-corrected chi connectivity index (χ1v) is 22.6. The van der Waals surface area contributed by atoms with Crippen LogP contribution in [0.4, 0.5) is 9.93 Å². The van der Waals surface area contributed by atoms with Crippen LogP contribution >= 0.6 is 11.3 Å². The highest BCUT2D eigenvalue weighted by molar-refractivity contribution is 7.89. The minimum atomic E-state index is -4.05. The normalized spacial score (nSPS) is 25.3. The Hall–Kier alpha value is -2.85. The van der Waals surface area contributed by atoms with E-state index in [9.17, 15) is 23.4 Å². The number of benzene rings is 2. The summed E-state index contributed by atoms with van der Waals surface area (Å²) in [5, 5.41) is 29.2. The molecule has 14 heteroatoms. The van der Waals surface area contributed by atoms with E-state index in [0.717, 1.165) is 65.7 Å². The Morgan fingerprint density at radius 2 is 1.80 bits per heavy atom. The number of hydrogen-bond donors (Lipinski definition) is 4. The molecular formula is C41H59N5O7S2. The number of ether oxygens (including phenoxy) is 2. The Balaban J connectivity index is 1.04. The number of anilines is 1. The fourth-order valence-electron chi connectivity index (χ4n) is 9.20. The fraction of sp³-hybridized carbons (Fsp3) is 0.659. The van der Waals surface area contributed by atoms with Crippen LogP contribution in [-0.4, -0.2) is 115 Å². The van der Waals surface area contributed by atoms with Crippen molar-refractivity contribution in [2.24, 2.45) is 23.7 Å². The van der Waals surface area contributed by atoms with Crippen molar-refractivity contribution in [2.75, 3.05) is 51.3 Å². The Labute approximate surface area is 330 Å². The van der Waals surface area contributed by atoms with Gasteiger partial charge in [0.15, 0.2) is 5.13 Å². The quantitative estimate of drug-likeness (QED) is 0.155. The number of aliphatic hydroxyl groups is 2. The summed E-state index contributed by atoms with van der Waals surface area (Å²) in [7, 11) is -4.05. The lowest BCUT2D eigenvalue weighted by Crippen LogP contribution is -2.52. The summed E-state index contributed by atoms with van der Waals surface area (Å²) in [6.07, 6.45) is 6.90. The van der Waals surface area contributed by atoms with Crippen molar-refractivity contribution < 1.29 is 32.9 Å². The van der Waals surface area contributed by atoms with E-state index < -0.39 is 34.4 Å². The predicted molar refractivity (Wildman–Crippen MR) is 215 cm³/mol. The highest BCUT2D eigenvalue weighted by Gasteiger charge is 2.45. The van der Waals surface area contributed by atoms with Crippen LogP contribution in [0.5, 0.6) is 0 Å². The first-order chi connectivity index (χ1) is 26.6. The molecule has 4 N–H and O–H groups in total. The van der Waals surface area contributed by atoms with E-state index in [-0.39, 0.29) is 54.7 Å². The molecule has 0 radical (unpaired) electrons. The molecule has 4 fully saturated rings. The number of hydrogen-bond acceptors (Lipinski definition) is 11. The van der Waals surface area contributed by atoms with Gasteiger partial charge in [-0.2, -0.15) is 4.31 Å². The molecule has 2 saturated heterocycles. The maximum Gasteiger partial charge on any atom is 0.407 e. The van der Waals surface area contributed by atoms with Gasteiger partial charge in [0, 0.05) is 63.3 Å². The summed E-state index contributed by atoms with van der Waals surface area (Å²) >= 11 is 1.47. The van der Waals surface area contributed by atoms with Crippen LogP contribution < -0.4 is 10.6 Å². The molecule has 2 aromatic carbocycles. The third-order valence-corrected chi connectivity index (χ3v) is 15.0. The molecule has 0 bridgehead atoms. The average Bonchev–Trinajstić information content (AvgIpc) is 3.96. The molecule has 12 nitrogen and oxygen atoms in total. The maximum absolute atomic E-state index is 14.4. The second kappa shape index (κ2) is 18.2. The third kappa shape index (κ3) is 9.82. The molecule has 302 valence electrons. The van der Waals surface area contributed by atoms with E-state index in [1.165, 1.54) is 41.3 Å². The zero-order chi connectivity index (χ0) is 38.5. The van der Waals surface area contributed by atoms with E-state index in [0.29, 0.717) is 19.3 Å². The molecule has 2 aliphatic heterocycles. The summed E-state index contributed by atoms with van der Waals surface area (Å²) in [6, 6.07) is 14.8. The van der Waals surface area contributed by atoms with Gasteiger partial charge in [-0.3, -0.25) is 0 Å². The molecule has 7 rings (SSSR count). The number of aliphatic hydroxyl groups excluding tert-OH is 2. The molecule has 3 aromatic rings. The van der Waals surface area contributed by atoms with Crippen molar-refractivity contribution in [1.82, 2.24) is 19.5 Å². The van der Waals surface area contributed by atoms with Gasteiger partial charge < -0.3 is 35.2 Å².